The van der Waals surface area contributed by atoms with Crippen LogP contribution in [0.5, 0.6) is 0 Å². The van der Waals surface area contributed by atoms with Gasteiger partial charge in [-0.05, 0) is 18.2 Å². The molecule has 0 aliphatic heterocycles. The molecule has 110 valence electrons. The smallest absolute Gasteiger partial charge is 0.401 e. The van der Waals surface area contributed by atoms with Crippen LogP contribution in [0.15, 0.2) is 22.7 Å². The second-order valence-corrected chi connectivity index (χ2v) is 3.77. The molecule has 0 saturated heterocycles. The average Bonchev–Trinajstić information content (AvgIpc) is 2.97. The maximum atomic E-state index is 10.5. The van der Waals surface area contributed by atoms with E-state index in [4.69, 9.17) is 14.6 Å². The molecule has 0 fully saturated rings. The number of rotatable bonds is 6. The monoisotopic (exact) mass is 293 g/mol. The largest absolute Gasteiger partial charge is 0.433 e. The first-order valence-corrected chi connectivity index (χ1v) is 5.72. The summed E-state index contributed by atoms with van der Waals surface area (Å²) in [4.78, 5) is 14.8. The highest BCUT2D eigenvalue weighted by molar-refractivity contribution is 5.65. The first-order chi connectivity index (χ1) is 10.1. The number of aliphatic hydroxyl groups is 2. The molecule has 0 aliphatic carbocycles. The SMILES string of the molecule is O=[N+]([O-])c1ccc(/C=C\c2cnc(N(CO)CO)nn2)o1. The van der Waals surface area contributed by atoms with Gasteiger partial charge in [-0.3, -0.25) is 15.0 Å². The second-order valence-electron chi connectivity index (χ2n) is 3.77. The molecule has 0 spiro atoms. The number of aliphatic hydroxyl groups excluding tert-OH is 2. The van der Waals surface area contributed by atoms with E-state index in [2.05, 4.69) is 15.2 Å². The van der Waals surface area contributed by atoms with Crippen molar-refractivity contribution in [3.63, 3.8) is 0 Å². The number of anilines is 1. The van der Waals surface area contributed by atoms with E-state index in [9.17, 15) is 10.1 Å². The minimum absolute atomic E-state index is 0.0748. The highest BCUT2D eigenvalue weighted by atomic mass is 16.6. The summed E-state index contributed by atoms with van der Waals surface area (Å²) in [6.07, 6.45) is 4.36. The Kier molecular flexibility index (Phi) is 4.53. The van der Waals surface area contributed by atoms with Gasteiger partial charge in [0.15, 0.2) is 0 Å². The van der Waals surface area contributed by atoms with Crippen molar-refractivity contribution in [1.29, 1.82) is 0 Å². The lowest BCUT2D eigenvalue weighted by Crippen LogP contribution is -2.27. The van der Waals surface area contributed by atoms with Crippen molar-refractivity contribution in [3.05, 3.63) is 39.9 Å². The maximum Gasteiger partial charge on any atom is 0.433 e. The summed E-state index contributed by atoms with van der Waals surface area (Å²) in [5.74, 6) is 0.0152. The molecule has 0 atom stereocenters. The molecule has 0 aliphatic rings. The van der Waals surface area contributed by atoms with Gasteiger partial charge in [-0.2, -0.15) is 0 Å². The van der Waals surface area contributed by atoms with Crippen molar-refractivity contribution in [1.82, 2.24) is 15.2 Å². The molecular weight excluding hydrogens is 282 g/mol. The molecule has 10 nitrogen and oxygen atoms in total. The van der Waals surface area contributed by atoms with Crippen LogP contribution in [0.25, 0.3) is 12.2 Å². The molecule has 2 heterocycles. The van der Waals surface area contributed by atoms with Crippen molar-refractivity contribution in [2.24, 2.45) is 0 Å². The molecule has 2 aromatic heterocycles. The first-order valence-electron chi connectivity index (χ1n) is 5.72. The molecule has 2 N–H and O–H groups in total. The molecular formula is C11H11N5O5. The summed E-state index contributed by atoms with van der Waals surface area (Å²) < 4.78 is 4.93. The fourth-order valence-electron chi connectivity index (χ4n) is 1.37. The molecule has 21 heavy (non-hydrogen) atoms. The molecule has 0 saturated carbocycles. The normalized spacial score (nSPS) is 11.0. The minimum atomic E-state index is -0.633. The Bertz CT molecular complexity index is 635. The van der Waals surface area contributed by atoms with Crippen LogP contribution in [0, 0.1) is 10.1 Å². The lowest BCUT2D eigenvalue weighted by molar-refractivity contribution is -0.402. The van der Waals surface area contributed by atoms with Crippen LogP contribution in [0.1, 0.15) is 11.5 Å². The van der Waals surface area contributed by atoms with Crippen LogP contribution in [0.4, 0.5) is 11.8 Å². The van der Waals surface area contributed by atoms with Crippen LogP contribution >= 0.6 is 0 Å². The number of hydrogen-bond donors (Lipinski definition) is 2. The highest BCUT2D eigenvalue weighted by Gasteiger charge is 2.10. The Morgan fingerprint density at radius 1 is 1.29 bits per heavy atom. The van der Waals surface area contributed by atoms with Gasteiger partial charge in [0.1, 0.15) is 29.8 Å². The number of nitrogens with zero attached hydrogens (tertiary/aromatic N) is 5. The molecule has 10 heteroatoms. The van der Waals surface area contributed by atoms with E-state index in [1.165, 1.54) is 30.5 Å². The van der Waals surface area contributed by atoms with E-state index in [0.717, 1.165) is 4.90 Å². The Morgan fingerprint density at radius 2 is 2.05 bits per heavy atom. The maximum absolute atomic E-state index is 10.5. The molecule has 0 unspecified atom stereocenters. The van der Waals surface area contributed by atoms with Gasteiger partial charge in [0, 0.05) is 0 Å². The fourth-order valence-corrected chi connectivity index (χ4v) is 1.37. The Morgan fingerprint density at radius 3 is 2.57 bits per heavy atom. The summed E-state index contributed by atoms with van der Waals surface area (Å²) >= 11 is 0. The van der Waals surface area contributed by atoms with Gasteiger partial charge >= 0.3 is 5.88 Å². The van der Waals surface area contributed by atoms with Crippen LogP contribution in [0.2, 0.25) is 0 Å². The van der Waals surface area contributed by atoms with Crippen molar-refractivity contribution in [2.75, 3.05) is 18.4 Å². The van der Waals surface area contributed by atoms with Gasteiger partial charge < -0.3 is 14.6 Å². The van der Waals surface area contributed by atoms with E-state index >= 15 is 0 Å². The molecule has 2 rings (SSSR count). The number of aromatic nitrogens is 3. The number of hydrogen-bond acceptors (Lipinski definition) is 9. The zero-order valence-corrected chi connectivity index (χ0v) is 10.7. The van der Waals surface area contributed by atoms with E-state index in [1.54, 1.807) is 0 Å². The average molecular weight is 293 g/mol. The van der Waals surface area contributed by atoms with Crippen LogP contribution < -0.4 is 4.90 Å². The van der Waals surface area contributed by atoms with E-state index < -0.39 is 18.4 Å². The predicted molar refractivity (Wildman–Crippen MR) is 70.8 cm³/mol. The molecule has 0 amide bonds. The van der Waals surface area contributed by atoms with Crippen molar-refractivity contribution in [2.45, 2.75) is 0 Å². The summed E-state index contributed by atoms with van der Waals surface area (Å²) in [6.45, 7) is -0.882. The Hall–Kier alpha value is -2.85. The van der Waals surface area contributed by atoms with Crippen molar-refractivity contribution < 1.29 is 19.6 Å². The molecule has 0 radical (unpaired) electrons. The lowest BCUT2D eigenvalue weighted by atomic mass is 10.3. The van der Waals surface area contributed by atoms with Crippen molar-refractivity contribution >= 4 is 24.0 Å². The van der Waals surface area contributed by atoms with Gasteiger partial charge in [-0.1, -0.05) is 0 Å². The van der Waals surface area contributed by atoms with Gasteiger partial charge in [-0.25, -0.2) is 4.98 Å². The van der Waals surface area contributed by atoms with Crippen LogP contribution in [0.3, 0.4) is 0 Å². The van der Waals surface area contributed by atoms with Gasteiger partial charge in [0.2, 0.25) is 5.95 Å². The first kappa shape index (κ1) is 14.6. The van der Waals surface area contributed by atoms with E-state index in [0.29, 0.717) is 11.5 Å². The molecule has 0 bridgehead atoms. The third kappa shape index (κ3) is 3.58. The predicted octanol–water partition coefficient (Wildman–Crippen LogP) is 0.249. The quantitative estimate of drug-likeness (QED) is 0.435. The Labute approximate surface area is 118 Å². The molecule has 2 aromatic rings. The van der Waals surface area contributed by atoms with Gasteiger partial charge in [0.25, 0.3) is 0 Å². The standard InChI is InChI=1S/C11H11N5O5/c17-6-15(7-18)11-12-5-8(13-14-11)1-2-9-3-4-10(21-9)16(19)20/h1-5,17-18H,6-7H2/b2-1-. The van der Waals surface area contributed by atoms with E-state index in [-0.39, 0.29) is 11.8 Å². The van der Waals surface area contributed by atoms with Gasteiger partial charge in [0.05, 0.1) is 12.3 Å². The summed E-state index contributed by atoms with van der Waals surface area (Å²) in [7, 11) is 0. The fraction of sp³-hybridized carbons (Fsp3) is 0.182. The summed E-state index contributed by atoms with van der Waals surface area (Å²) in [5.41, 5.74) is 0.383. The lowest BCUT2D eigenvalue weighted by Gasteiger charge is -2.14. The molecule has 0 aromatic carbocycles. The Balaban J connectivity index is 2.08. The second kappa shape index (κ2) is 6.54. The summed E-state index contributed by atoms with van der Waals surface area (Å²) in [5, 5.41) is 35.8. The zero-order chi connectivity index (χ0) is 15.2. The third-order valence-electron chi connectivity index (χ3n) is 2.40. The van der Waals surface area contributed by atoms with Gasteiger partial charge in [-0.15, -0.1) is 10.2 Å². The number of nitro groups is 1. The van der Waals surface area contributed by atoms with E-state index in [1.807, 2.05) is 0 Å². The van der Waals surface area contributed by atoms with Crippen molar-refractivity contribution in [3.8, 4) is 0 Å². The topological polar surface area (TPSA) is 139 Å². The minimum Gasteiger partial charge on any atom is -0.401 e. The third-order valence-corrected chi connectivity index (χ3v) is 2.40. The summed E-state index contributed by atoms with van der Waals surface area (Å²) in [6, 6.07) is 2.69. The zero-order valence-electron chi connectivity index (χ0n) is 10.7. The van der Waals surface area contributed by atoms with Crippen LogP contribution in [-0.4, -0.2) is 43.8 Å². The highest BCUT2D eigenvalue weighted by Crippen LogP contribution is 2.17. The number of furan rings is 1. The van der Waals surface area contributed by atoms with Crippen LogP contribution in [-0.2, 0) is 0 Å².